The molecule has 0 aliphatic carbocycles. The molecule has 0 aliphatic rings. The van der Waals surface area contributed by atoms with Crippen molar-refractivity contribution >= 4 is 23.8 Å². The quantitative estimate of drug-likeness (QED) is 0.483. The highest BCUT2D eigenvalue weighted by molar-refractivity contribution is 5.96. The van der Waals surface area contributed by atoms with Gasteiger partial charge in [0, 0.05) is 26.4 Å². The van der Waals surface area contributed by atoms with E-state index in [1.54, 1.807) is 0 Å². The second-order valence-corrected chi connectivity index (χ2v) is 4.65. The Kier molecular flexibility index (Phi) is 6.53. The molecule has 0 fully saturated rings. The minimum Gasteiger partial charge on any atom is -0.481 e. The Morgan fingerprint density at radius 1 is 1.05 bits per heavy atom. The number of hydrogen-bond acceptors (Lipinski definition) is 4. The molecule has 0 aromatic rings. The standard InChI is InChI=1S/C11H19N3O5/c1-7(15)12-4-5-13-10(19)14-8(16)6-11(2,3)9(17)18/h4-6H2,1-3H3,(H,12,15)(H,17,18)(H2,13,14,16,19). The van der Waals surface area contributed by atoms with Crippen LogP contribution >= 0.6 is 0 Å². The highest BCUT2D eigenvalue weighted by Crippen LogP contribution is 2.19. The van der Waals surface area contributed by atoms with Crippen LogP contribution in [0.1, 0.15) is 27.2 Å². The van der Waals surface area contributed by atoms with Crippen molar-refractivity contribution in [3.63, 3.8) is 0 Å². The summed E-state index contributed by atoms with van der Waals surface area (Å²) in [6.07, 6.45) is -0.304. The molecule has 8 nitrogen and oxygen atoms in total. The van der Waals surface area contributed by atoms with Crippen LogP contribution < -0.4 is 16.0 Å². The van der Waals surface area contributed by atoms with E-state index in [2.05, 4.69) is 10.6 Å². The first-order chi connectivity index (χ1) is 8.65. The summed E-state index contributed by atoms with van der Waals surface area (Å²) in [6.45, 7) is 4.54. The number of carbonyl (C=O) groups is 4. The minimum absolute atomic E-state index is 0.168. The summed E-state index contributed by atoms with van der Waals surface area (Å²) in [7, 11) is 0. The maximum absolute atomic E-state index is 11.4. The van der Waals surface area contributed by atoms with Gasteiger partial charge in [-0.3, -0.25) is 19.7 Å². The minimum atomic E-state index is -1.24. The number of aliphatic carboxylic acids is 1. The van der Waals surface area contributed by atoms with Gasteiger partial charge in [-0.15, -0.1) is 0 Å². The van der Waals surface area contributed by atoms with Gasteiger partial charge in [-0.1, -0.05) is 0 Å². The van der Waals surface area contributed by atoms with Crippen molar-refractivity contribution in [3.05, 3.63) is 0 Å². The van der Waals surface area contributed by atoms with Gasteiger partial charge in [0.15, 0.2) is 0 Å². The molecule has 0 heterocycles. The zero-order valence-electron chi connectivity index (χ0n) is 11.2. The Morgan fingerprint density at radius 3 is 2.05 bits per heavy atom. The van der Waals surface area contributed by atoms with Gasteiger partial charge in [0.05, 0.1) is 5.41 Å². The van der Waals surface area contributed by atoms with Gasteiger partial charge in [-0.05, 0) is 13.8 Å². The first-order valence-corrected chi connectivity index (χ1v) is 5.70. The number of nitrogens with one attached hydrogen (secondary N) is 3. The number of imide groups is 1. The highest BCUT2D eigenvalue weighted by atomic mass is 16.4. The predicted molar refractivity (Wildman–Crippen MR) is 66.3 cm³/mol. The summed E-state index contributed by atoms with van der Waals surface area (Å²) in [5.41, 5.74) is -1.24. The van der Waals surface area contributed by atoms with Gasteiger partial charge in [0.25, 0.3) is 0 Å². The molecule has 0 spiro atoms. The summed E-state index contributed by atoms with van der Waals surface area (Å²) >= 11 is 0. The van der Waals surface area contributed by atoms with Crippen LogP contribution in [0.15, 0.2) is 0 Å². The van der Waals surface area contributed by atoms with Crippen molar-refractivity contribution in [1.82, 2.24) is 16.0 Å². The number of carboxylic acids is 1. The van der Waals surface area contributed by atoms with Crippen molar-refractivity contribution in [2.24, 2.45) is 5.41 Å². The maximum Gasteiger partial charge on any atom is 0.321 e. The van der Waals surface area contributed by atoms with E-state index in [0.717, 1.165) is 0 Å². The summed E-state index contributed by atoms with van der Waals surface area (Å²) in [5, 5.41) is 15.7. The van der Waals surface area contributed by atoms with Gasteiger partial charge in [-0.25, -0.2) is 4.79 Å². The number of urea groups is 1. The Hall–Kier alpha value is -2.12. The molecule has 8 heteroatoms. The van der Waals surface area contributed by atoms with Crippen molar-refractivity contribution in [3.8, 4) is 0 Å². The molecule has 0 bridgehead atoms. The van der Waals surface area contributed by atoms with Crippen molar-refractivity contribution in [2.45, 2.75) is 27.2 Å². The average Bonchev–Trinajstić information content (AvgIpc) is 2.22. The molecule has 0 aromatic carbocycles. The molecule has 0 aliphatic heterocycles. The fraction of sp³-hybridized carbons (Fsp3) is 0.636. The molecule has 108 valence electrons. The van der Waals surface area contributed by atoms with E-state index in [4.69, 9.17) is 5.11 Å². The molecule has 0 radical (unpaired) electrons. The first-order valence-electron chi connectivity index (χ1n) is 5.70. The third kappa shape index (κ3) is 7.74. The topological polar surface area (TPSA) is 125 Å². The van der Waals surface area contributed by atoms with E-state index in [1.807, 2.05) is 5.32 Å². The number of carboxylic acid groups (broad SMARTS) is 1. The van der Waals surface area contributed by atoms with Crippen molar-refractivity contribution in [2.75, 3.05) is 13.1 Å². The summed E-state index contributed by atoms with van der Waals surface area (Å²) in [5.74, 6) is -2.01. The van der Waals surface area contributed by atoms with Crippen molar-refractivity contribution in [1.29, 1.82) is 0 Å². The lowest BCUT2D eigenvalue weighted by Gasteiger charge is -2.17. The first kappa shape index (κ1) is 16.9. The maximum atomic E-state index is 11.4. The van der Waals surface area contributed by atoms with Crippen LogP contribution in [0.4, 0.5) is 4.79 Å². The molecule has 0 saturated carbocycles. The van der Waals surface area contributed by atoms with Gasteiger partial charge in [0.2, 0.25) is 11.8 Å². The van der Waals surface area contributed by atoms with Crippen LogP contribution in [-0.2, 0) is 14.4 Å². The Balaban J connectivity index is 3.97. The number of amides is 4. The van der Waals surface area contributed by atoms with E-state index in [1.165, 1.54) is 20.8 Å². The van der Waals surface area contributed by atoms with Crippen LogP contribution in [0.5, 0.6) is 0 Å². The number of hydrogen-bond donors (Lipinski definition) is 4. The van der Waals surface area contributed by atoms with Crippen LogP contribution in [-0.4, -0.2) is 42.0 Å². The SMILES string of the molecule is CC(=O)NCCNC(=O)NC(=O)CC(C)(C)C(=O)O. The summed E-state index contributed by atoms with van der Waals surface area (Å²) in [4.78, 5) is 44.0. The fourth-order valence-corrected chi connectivity index (χ4v) is 1.11. The van der Waals surface area contributed by atoms with Gasteiger partial charge >= 0.3 is 12.0 Å². The summed E-state index contributed by atoms with van der Waals surface area (Å²) < 4.78 is 0. The van der Waals surface area contributed by atoms with Gasteiger partial charge < -0.3 is 15.7 Å². The molecule has 0 unspecified atom stereocenters. The van der Waals surface area contributed by atoms with E-state index >= 15 is 0 Å². The van der Waals surface area contributed by atoms with Gasteiger partial charge in [-0.2, -0.15) is 0 Å². The second kappa shape index (κ2) is 7.34. The third-order valence-electron chi connectivity index (χ3n) is 2.22. The fourth-order valence-electron chi connectivity index (χ4n) is 1.11. The normalized spacial score (nSPS) is 10.5. The number of carbonyl (C=O) groups excluding carboxylic acids is 3. The Labute approximate surface area is 110 Å². The molecular weight excluding hydrogens is 254 g/mol. The molecule has 0 atom stereocenters. The molecule has 0 saturated heterocycles. The highest BCUT2D eigenvalue weighted by Gasteiger charge is 2.30. The average molecular weight is 273 g/mol. The van der Waals surface area contributed by atoms with E-state index in [9.17, 15) is 19.2 Å². The van der Waals surface area contributed by atoms with Crippen LogP contribution in [0.2, 0.25) is 0 Å². The van der Waals surface area contributed by atoms with Crippen LogP contribution in [0, 0.1) is 5.41 Å². The van der Waals surface area contributed by atoms with E-state index in [0.29, 0.717) is 0 Å². The summed E-state index contributed by atoms with van der Waals surface area (Å²) in [6, 6.07) is -0.725. The zero-order chi connectivity index (χ0) is 15.1. The lowest BCUT2D eigenvalue weighted by molar-refractivity contribution is -0.149. The van der Waals surface area contributed by atoms with Gasteiger partial charge in [0.1, 0.15) is 0 Å². The van der Waals surface area contributed by atoms with E-state index < -0.39 is 23.3 Å². The predicted octanol–water partition coefficient (Wildman–Crippen LogP) is -0.551. The van der Waals surface area contributed by atoms with Crippen LogP contribution in [0.3, 0.4) is 0 Å². The Bertz CT molecular complexity index is 379. The lowest BCUT2D eigenvalue weighted by Crippen LogP contribution is -2.44. The zero-order valence-corrected chi connectivity index (χ0v) is 11.2. The van der Waals surface area contributed by atoms with Crippen molar-refractivity contribution < 1.29 is 24.3 Å². The molecule has 0 rings (SSSR count). The lowest BCUT2D eigenvalue weighted by atomic mass is 9.89. The molecule has 0 aromatic heterocycles. The Morgan fingerprint density at radius 2 is 1.58 bits per heavy atom. The molecule has 4 amide bonds. The third-order valence-corrected chi connectivity index (χ3v) is 2.22. The molecule has 4 N–H and O–H groups in total. The largest absolute Gasteiger partial charge is 0.481 e. The van der Waals surface area contributed by atoms with Crippen LogP contribution in [0.25, 0.3) is 0 Å². The molecule has 19 heavy (non-hydrogen) atoms. The molecular formula is C11H19N3O5. The number of rotatable bonds is 6. The second-order valence-electron chi connectivity index (χ2n) is 4.65. The monoisotopic (exact) mass is 273 g/mol. The smallest absolute Gasteiger partial charge is 0.321 e. The van der Waals surface area contributed by atoms with E-state index in [-0.39, 0.29) is 25.4 Å².